The zero-order valence-corrected chi connectivity index (χ0v) is 12.2. The van der Waals surface area contributed by atoms with Crippen LogP contribution in [0.25, 0.3) is 0 Å². The molecule has 0 aliphatic heterocycles. The number of amides is 1. The van der Waals surface area contributed by atoms with E-state index in [2.05, 4.69) is 32.7 Å². The molecular formula is C16H20N4O. The SMILES string of the molecule is CCCNC(=O)c1cc(NCCc2ccccc2)ncn1. The summed E-state index contributed by atoms with van der Waals surface area (Å²) < 4.78 is 0. The molecule has 1 aromatic heterocycles. The number of carbonyl (C=O) groups is 1. The Morgan fingerprint density at radius 3 is 2.71 bits per heavy atom. The summed E-state index contributed by atoms with van der Waals surface area (Å²) in [6.45, 7) is 3.42. The first kappa shape index (κ1) is 15.0. The monoisotopic (exact) mass is 284 g/mol. The second-order valence-electron chi connectivity index (χ2n) is 4.71. The van der Waals surface area contributed by atoms with Crippen molar-refractivity contribution in [3.8, 4) is 0 Å². The van der Waals surface area contributed by atoms with Gasteiger partial charge < -0.3 is 10.6 Å². The van der Waals surface area contributed by atoms with Gasteiger partial charge in [-0.1, -0.05) is 37.3 Å². The third-order valence-electron chi connectivity index (χ3n) is 3.00. The number of anilines is 1. The zero-order chi connectivity index (χ0) is 14.9. The van der Waals surface area contributed by atoms with Gasteiger partial charge in [0.1, 0.15) is 17.8 Å². The van der Waals surface area contributed by atoms with Gasteiger partial charge in [0.05, 0.1) is 0 Å². The minimum absolute atomic E-state index is 0.162. The van der Waals surface area contributed by atoms with Gasteiger partial charge in [0, 0.05) is 19.2 Å². The minimum atomic E-state index is -0.162. The number of aromatic nitrogens is 2. The molecule has 0 aliphatic rings. The molecule has 5 heteroatoms. The standard InChI is InChI=1S/C16H20N4O/c1-2-9-18-16(21)14-11-15(20-12-19-14)17-10-8-13-6-4-3-5-7-13/h3-7,11-12H,2,8-10H2,1H3,(H,18,21)(H,17,19,20). The van der Waals surface area contributed by atoms with Crippen molar-refractivity contribution in [1.29, 1.82) is 0 Å². The molecule has 1 amide bonds. The molecule has 0 unspecified atom stereocenters. The Bertz CT molecular complexity index is 571. The largest absolute Gasteiger partial charge is 0.370 e. The summed E-state index contributed by atoms with van der Waals surface area (Å²) in [6.07, 6.45) is 3.22. The fourth-order valence-corrected chi connectivity index (χ4v) is 1.89. The molecule has 21 heavy (non-hydrogen) atoms. The van der Waals surface area contributed by atoms with E-state index >= 15 is 0 Å². The van der Waals surface area contributed by atoms with E-state index in [1.54, 1.807) is 6.07 Å². The van der Waals surface area contributed by atoms with E-state index in [0.29, 0.717) is 18.1 Å². The first-order chi connectivity index (χ1) is 10.3. The second-order valence-corrected chi connectivity index (χ2v) is 4.71. The van der Waals surface area contributed by atoms with Crippen molar-refractivity contribution < 1.29 is 4.79 Å². The first-order valence-electron chi connectivity index (χ1n) is 7.17. The molecule has 0 saturated carbocycles. The molecule has 5 nitrogen and oxygen atoms in total. The van der Waals surface area contributed by atoms with E-state index in [1.807, 2.05) is 25.1 Å². The topological polar surface area (TPSA) is 66.9 Å². The predicted molar refractivity (Wildman–Crippen MR) is 83.3 cm³/mol. The summed E-state index contributed by atoms with van der Waals surface area (Å²) in [5.74, 6) is 0.507. The molecule has 1 heterocycles. The van der Waals surface area contributed by atoms with Crippen LogP contribution in [0.5, 0.6) is 0 Å². The van der Waals surface area contributed by atoms with Crippen molar-refractivity contribution in [2.24, 2.45) is 0 Å². The van der Waals surface area contributed by atoms with Crippen LogP contribution in [0.3, 0.4) is 0 Å². The molecule has 0 radical (unpaired) electrons. The quantitative estimate of drug-likeness (QED) is 0.818. The molecule has 2 N–H and O–H groups in total. The molecular weight excluding hydrogens is 264 g/mol. The third-order valence-corrected chi connectivity index (χ3v) is 3.00. The maximum absolute atomic E-state index is 11.8. The second kappa shape index (κ2) is 7.99. The summed E-state index contributed by atoms with van der Waals surface area (Å²) in [6, 6.07) is 11.9. The normalized spacial score (nSPS) is 10.1. The molecule has 1 aromatic carbocycles. The lowest BCUT2D eigenvalue weighted by molar-refractivity contribution is 0.0948. The van der Waals surface area contributed by atoms with Crippen molar-refractivity contribution in [1.82, 2.24) is 15.3 Å². The molecule has 110 valence electrons. The lowest BCUT2D eigenvalue weighted by atomic mass is 10.1. The highest BCUT2D eigenvalue weighted by Crippen LogP contribution is 2.05. The van der Waals surface area contributed by atoms with Crippen LogP contribution in [0.4, 0.5) is 5.82 Å². The Hall–Kier alpha value is -2.43. The maximum Gasteiger partial charge on any atom is 0.270 e. The van der Waals surface area contributed by atoms with Gasteiger partial charge in [-0.15, -0.1) is 0 Å². The van der Waals surface area contributed by atoms with Gasteiger partial charge >= 0.3 is 0 Å². The Morgan fingerprint density at radius 2 is 1.95 bits per heavy atom. The lowest BCUT2D eigenvalue weighted by Gasteiger charge is -2.07. The highest BCUT2D eigenvalue weighted by atomic mass is 16.1. The minimum Gasteiger partial charge on any atom is -0.370 e. The van der Waals surface area contributed by atoms with Crippen molar-refractivity contribution >= 4 is 11.7 Å². The Morgan fingerprint density at radius 1 is 1.14 bits per heavy atom. The summed E-state index contributed by atoms with van der Waals surface area (Å²) in [7, 11) is 0. The average molecular weight is 284 g/mol. The molecule has 0 spiro atoms. The van der Waals surface area contributed by atoms with Crippen molar-refractivity contribution in [2.45, 2.75) is 19.8 Å². The summed E-state index contributed by atoms with van der Waals surface area (Å²) >= 11 is 0. The molecule has 0 bridgehead atoms. The van der Waals surface area contributed by atoms with Gasteiger partial charge in [0.15, 0.2) is 0 Å². The van der Waals surface area contributed by atoms with Crippen LogP contribution in [0.2, 0.25) is 0 Å². The fourth-order valence-electron chi connectivity index (χ4n) is 1.89. The number of carbonyl (C=O) groups excluding carboxylic acids is 1. The molecule has 0 aliphatic carbocycles. The first-order valence-corrected chi connectivity index (χ1v) is 7.17. The number of hydrogen-bond donors (Lipinski definition) is 2. The maximum atomic E-state index is 11.8. The van der Waals surface area contributed by atoms with Crippen LogP contribution in [-0.2, 0) is 6.42 Å². The van der Waals surface area contributed by atoms with Gasteiger partial charge in [0.2, 0.25) is 0 Å². The Kier molecular flexibility index (Phi) is 5.70. The van der Waals surface area contributed by atoms with Crippen LogP contribution in [-0.4, -0.2) is 29.0 Å². The zero-order valence-electron chi connectivity index (χ0n) is 12.2. The predicted octanol–water partition coefficient (Wildman–Crippen LogP) is 2.27. The Balaban J connectivity index is 1.87. The van der Waals surface area contributed by atoms with Crippen LogP contribution in [0, 0.1) is 0 Å². The van der Waals surface area contributed by atoms with E-state index < -0.39 is 0 Å². The van der Waals surface area contributed by atoms with Crippen LogP contribution in [0.1, 0.15) is 29.4 Å². The highest BCUT2D eigenvalue weighted by molar-refractivity contribution is 5.92. The Labute approximate surface area is 124 Å². The van der Waals surface area contributed by atoms with Crippen LogP contribution < -0.4 is 10.6 Å². The van der Waals surface area contributed by atoms with E-state index in [0.717, 1.165) is 19.4 Å². The van der Waals surface area contributed by atoms with Crippen molar-refractivity contribution in [3.05, 3.63) is 54.0 Å². The fraction of sp³-hybridized carbons (Fsp3) is 0.312. The third kappa shape index (κ3) is 4.87. The van der Waals surface area contributed by atoms with E-state index in [-0.39, 0.29) is 5.91 Å². The van der Waals surface area contributed by atoms with Gasteiger partial charge in [-0.05, 0) is 18.4 Å². The molecule has 0 atom stereocenters. The van der Waals surface area contributed by atoms with Crippen molar-refractivity contribution in [2.75, 3.05) is 18.4 Å². The molecule has 2 aromatic rings. The number of benzene rings is 1. The van der Waals surface area contributed by atoms with E-state index in [9.17, 15) is 4.79 Å². The van der Waals surface area contributed by atoms with Crippen LogP contribution >= 0.6 is 0 Å². The van der Waals surface area contributed by atoms with E-state index in [4.69, 9.17) is 0 Å². The number of hydrogen-bond acceptors (Lipinski definition) is 4. The summed E-state index contributed by atoms with van der Waals surface area (Å²) in [4.78, 5) is 19.9. The van der Waals surface area contributed by atoms with Gasteiger partial charge in [-0.2, -0.15) is 0 Å². The van der Waals surface area contributed by atoms with Gasteiger partial charge in [0.25, 0.3) is 5.91 Å². The highest BCUT2D eigenvalue weighted by Gasteiger charge is 2.07. The smallest absolute Gasteiger partial charge is 0.270 e. The van der Waals surface area contributed by atoms with Crippen LogP contribution in [0.15, 0.2) is 42.7 Å². The van der Waals surface area contributed by atoms with E-state index in [1.165, 1.54) is 11.9 Å². The number of rotatable bonds is 7. The summed E-state index contributed by atoms with van der Waals surface area (Å²) in [5, 5.41) is 6.01. The molecule has 2 rings (SSSR count). The summed E-state index contributed by atoms with van der Waals surface area (Å²) in [5.41, 5.74) is 1.65. The molecule has 0 saturated heterocycles. The van der Waals surface area contributed by atoms with Gasteiger partial charge in [-0.3, -0.25) is 4.79 Å². The average Bonchev–Trinajstić information content (AvgIpc) is 2.54. The van der Waals surface area contributed by atoms with Gasteiger partial charge in [-0.25, -0.2) is 9.97 Å². The molecule has 0 fully saturated rings. The van der Waals surface area contributed by atoms with Crippen molar-refractivity contribution in [3.63, 3.8) is 0 Å². The number of nitrogens with one attached hydrogen (secondary N) is 2. The lowest BCUT2D eigenvalue weighted by Crippen LogP contribution is -2.25. The number of nitrogens with zero attached hydrogens (tertiary/aromatic N) is 2.